The lowest BCUT2D eigenvalue weighted by atomic mass is 9.86. The van der Waals surface area contributed by atoms with Crippen molar-refractivity contribution in [2.75, 3.05) is 0 Å². The Morgan fingerprint density at radius 2 is 1.81 bits per heavy atom. The highest BCUT2D eigenvalue weighted by atomic mass is 16.5. The molecule has 0 aromatic heterocycles. The molecule has 2 heteroatoms. The molecule has 0 bridgehead atoms. The van der Waals surface area contributed by atoms with Gasteiger partial charge in [-0.15, -0.1) is 0 Å². The summed E-state index contributed by atoms with van der Waals surface area (Å²) in [6.45, 7) is 9.07. The zero-order chi connectivity index (χ0) is 15.5. The molecule has 0 unspecified atom stereocenters. The van der Waals surface area contributed by atoms with Gasteiger partial charge in [-0.3, -0.25) is 0 Å². The van der Waals surface area contributed by atoms with Crippen LogP contribution in [0.5, 0.6) is 5.75 Å². The molecule has 0 amide bonds. The van der Waals surface area contributed by atoms with Crippen LogP contribution in [-0.2, 0) is 12.0 Å². The van der Waals surface area contributed by atoms with Crippen molar-refractivity contribution in [1.29, 1.82) is 5.26 Å². The van der Waals surface area contributed by atoms with Gasteiger partial charge in [-0.2, -0.15) is 5.26 Å². The molecular weight excluding hydrogens is 258 g/mol. The van der Waals surface area contributed by atoms with E-state index in [1.807, 2.05) is 30.3 Å². The molecule has 0 aliphatic carbocycles. The molecule has 2 rings (SSSR count). The van der Waals surface area contributed by atoms with Crippen molar-refractivity contribution < 1.29 is 4.74 Å². The second kappa shape index (κ2) is 6.01. The predicted molar refractivity (Wildman–Crippen MR) is 85.4 cm³/mol. The van der Waals surface area contributed by atoms with Gasteiger partial charge in [0.2, 0.25) is 0 Å². The molecule has 0 saturated heterocycles. The van der Waals surface area contributed by atoms with E-state index in [2.05, 4.69) is 45.9 Å². The number of hydrogen-bond donors (Lipinski definition) is 0. The Morgan fingerprint density at radius 1 is 1.10 bits per heavy atom. The van der Waals surface area contributed by atoms with Gasteiger partial charge < -0.3 is 4.74 Å². The van der Waals surface area contributed by atoms with Gasteiger partial charge in [0.05, 0.1) is 11.6 Å². The molecule has 0 spiro atoms. The molecule has 0 N–H and O–H groups in total. The van der Waals surface area contributed by atoms with Crippen LogP contribution in [0.4, 0.5) is 0 Å². The second-order valence-electron chi connectivity index (χ2n) is 6.29. The van der Waals surface area contributed by atoms with Crippen LogP contribution in [0.3, 0.4) is 0 Å². The van der Waals surface area contributed by atoms with Gasteiger partial charge >= 0.3 is 0 Å². The summed E-state index contributed by atoms with van der Waals surface area (Å²) in [5.41, 5.74) is 4.14. The summed E-state index contributed by atoms with van der Waals surface area (Å²) < 4.78 is 5.88. The lowest BCUT2D eigenvalue weighted by Crippen LogP contribution is -2.11. The Kier molecular flexibility index (Phi) is 4.33. The Morgan fingerprint density at radius 3 is 2.43 bits per heavy atom. The SMILES string of the molecule is Cc1cc(C(C)(C)C)ccc1OCc1ccccc1C#N. The molecule has 2 aromatic carbocycles. The molecule has 0 fully saturated rings. The number of nitriles is 1. The molecule has 0 heterocycles. The zero-order valence-electron chi connectivity index (χ0n) is 13.1. The minimum absolute atomic E-state index is 0.136. The lowest BCUT2D eigenvalue weighted by Gasteiger charge is -2.20. The highest BCUT2D eigenvalue weighted by Crippen LogP contribution is 2.28. The first-order valence-electron chi connectivity index (χ1n) is 7.14. The predicted octanol–water partition coefficient (Wildman–Crippen LogP) is 4.74. The smallest absolute Gasteiger partial charge is 0.122 e. The first-order valence-corrected chi connectivity index (χ1v) is 7.14. The van der Waals surface area contributed by atoms with Crippen molar-refractivity contribution in [2.24, 2.45) is 0 Å². The van der Waals surface area contributed by atoms with Crippen molar-refractivity contribution in [2.45, 2.75) is 39.7 Å². The van der Waals surface area contributed by atoms with Crippen LogP contribution in [0.25, 0.3) is 0 Å². The number of benzene rings is 2. The standard InChI is InChI=1S/C19H21NO/c1-14-11-17(19(2,3)4)9-10-18(14)21-13-16-8-6-5-7-15(16)12-20/h5-11H,13H2,1-4H3. The van der Waals surface area contributed by atoms with Crippen molar-refractivity contribution in [3.63, 3.8) is 0 Å². The van der Waals surface area contributed by atoms with E-state index in [1.165, 1.54) is 5.56 Å². The monoisotopic (exact) mass is 279 g/mol. The number of aryl methyl sites for hydroxylation is 1. The van der Waals surface area contributed by atoms with E-state index in [0.717, 1.165) is 16.9 Å². The first kappa shape index (κ1) is 15.1. The topological polar surface area (TPSA) is 33.0 Å². The van der Waals surface area contributed by atoms with Crippen LogP contribution < -0.4 is 4.74 Å². The zero-order valence-corrected chi connectivity index (χ0v) is 13.1. The number of rotatable bonds is 3. The molecule has 0 saturated carbocycles. The molecular formula is C19H21NO. The number of nitrogens with zero attached hydrogens (tertiary/aromatic N) is 1. The third kappa shape index (κ3) is 3.64. The fourth-order valence-corrected chi connectivity index (χ4v) is 2.19. The highest BCUT2D eigenvalue weighted by Gasteiger charge is 2.14. The van der Waals surface area contributed by atoms with Crippen LogP contribution >= 0.6 is 0 Å². The number of hydrogen-bond acceptors (Lipinski definition) is 2. The van der Waals surface area contributed by atoms with Crippen molar-refractivity contribution >= 4 is 0 Å². The summed E-state index contributed by atoms with van der Waals surface area (Å²) >= 11 is 0. The van der Waals surface area contributed by atoms with Crippen LogP contribution in [0.15, 0.2) is 42.5 Å². The van der Waals surface area contributed by atoms with E-state index in [-0.39, 0.29) is 5.41 Å². The van der Waals surface area contributed by atoms with Gasteiger partial charge in [0.1, 0.15) is 12.4 Å². The maximum atomic E-state index is 9.09. The maximum Gasteiger partial charge on any atom is 0.122 e. The van der Waals surface area contributed by atoms with Crippen LogP contribution in [0.1, 0.15) is 43.0 Å². The highest BCUT2D eigenvalue weighted by molar-refractivity contribution is 5.40. The van der Waals surface area contributed by atoms with Gasteiger partial charge in [0, 0.05) is 5.56 Å². The third-order valence-corrected chi connectivity index (χ3v) is 3.56. The largest absolute Gasteiger partial charge is 0.489 e. The van der Waals surface area contributed by atoms with Crippen LogP contribution in [-0.4, -0.2) is 0 Å². The quantitative estimate of drug-likeness (QED) is 0.812. The molecule has 21 heavy (non-hydrogen) atoms. The minimum Gasteiger partial charge on any atom is -0.489 e. The van der Waals surface area contributed by atoms with Crippen molar-refractivity contribution in [3.8, 4) is 11.8 Å². The third-order valence-electron chi connectivity index (χ3n) is 3.56. The van der Waals surface area contributed by atoms with E-state index in [9.17, 15) is 0 Å². The molecule has 2 nitrogen and oxygen atoms in total. The first-order chi connectivity index (χ1) is 9.91. The van der Waals surface area contributed by atoms with Gasteiger partial charge in [-0.1, -0.05) is 51.1 Å². The number of ether oxygens (including phenoxy) is 1. The Hall–Kier alpha value is -2.27. The molecule has 108 valence electrons. The van der Waals surface area contributed by atoms with E-state index in [1.54, 1.807) is 0 Å². The Labute approximate surface area is 127 Å². The summed E-state index contributed by atoms with van der Waals surface area (Å²) in [6.07, 6.45) is 0. The van der Waals surface area contributed by atoms with Crippen LogP contribution in [0, 0.1) is 18.3 Å². The molecule has 0 aliphatic rings. The van der Waals surface area contributed by atoms with Gasteiger partial charge in [-0.05, 0) is 35.6 Å². The Balaban J connectivity index is 2.16. The molecule has 0 aliphatic heterocycles. The summed E-state index contributed by atoms with van der Waals surface area (Å²) in [6, 6.07) is 16.0. The second-order valence-corrected chi connectivity index (χ2v) is 6.29. The van der Waals surface area contributed by atoms with E-state index < -0.39 is 0 Å². The van der Waals surface area contributed by atoms with E-state index >= 15 is 0 Å². The van der Waals surface area contributed by atoms with Gasteiger partial charge in [-0.25, -0.2) is 0 Å². The lowest BCUT2D eigenvalue weighted by molar-refractivity contribution is 0.303. The fourth-order valence-electron chi connectivity index (χ4n) is 2.19. The van der Waals surface area contributed by atoms with E-state index in [4.69, 9.17) is 10.00 Å². The average Bonchev–Trinajstić information content (AvgIpc) is 2.45. The van der Waals surface area contributed by atoms with E-state index in [0.29, 0.717) is 12.2 Å². The minimum atomic E-state index is 0.136. The molecule has 0 radical (unpaired) electrons. The van der Waals surface area contributed by atoms with Crippen molar-refractivity contribution in [1.82, 2.24) is 0 Å². The maximum absolute atomic E-state index is 9.09. The van der Waals surface area contributed by atoms with Gasteiger partial charge in [0.15, 0.2) is 0 Å². The Bertz CT molecular complexity index is 675. The molecule has 0 atom stereocenters. The van der Waals surface area contributed by atoms with Crippen LogP contribution in [0.2, 0.25) is 0 Å². The normalized spacial score (nSPS) is 11.0. The summed E-state index contributed by atoms with van der Waals surface area (Å²) in [5.74, 6) is 0.871. The van der Waals surface area contributed by atoms with Gasteiger partial charge in [0.25, 0.3) is 0 Å². The molecule has 2 aromatic rings. The fraction of sp³-hybridized carbons (Fsp3) is 0.316. The summed E-state index contributed by atoms with van der Waals surface area (Å²) in [4.78, 5) is 0. The van der Waals surface area contributed by atoms with Crippen molar-refractivity contribution in [3.05, 3.63) is 64.7 Å². The summed E-state index contributed by atoms with van der Waals surface area (Å²) in [5, 5.41) is 9.09. The summed E-state index contributed by atoms with van der Waals surface area (Å²) in [7, 11) is 0. The average molecular weight is 279 g/mol.